The van der Waals surface area contributed by atoms with Crippen molar-refractivity contribution in [2.24, 2.45) is 5.92 Å². The maximum absolute atomic E-state index is 12.1. The van der Waals surface area contributed by atoms with E-state index >= 15 is 0 Å². The summed E-state index contributed by atoms with van der Waals surface area (Å²) in [6, 6.07) is 9.92. The summed E-state index contributed by atoms with van der Waals surface area (Å²) >= 11 is 0. The lowest BCUT2D eigenvalue weighted by atomic mass is 9.98. The van der Waals surface area contributed by atoms with Crippen molar-refractivity contribution in [3.05, 3.63) is 35.4 Å². The zero-order valence-electron chi connectivity index (χ0n) is 14.0. The summed E-state index contributed by atoms with van der Waals surface area (Å²) in [6.07, 6.45) is 1.60. The van der Waals surface area contributed by atoms with E-state index in [1.54, 1.807) is 0 Å². The molecule has 0 spiro atoms. The fraction of sp³-hybridized carbons (Fsp3) is 0.556. The largest absolute Gasteiger partial charge is 0.339 e. The Morgan fingerprint density at radius 2 is 1.57 bits per heavy atom. The van der Waals surface area contributed by atoms with Crippen LogP contribution in [0.25, 0.3) is 0 Å². The summed E-state index contributed by atoms with van der Waals surface area (Å²) < 4.78 is 0. The maximum atomic E-state index is 12.1. The number of piperidine rings is 1. The molecule has 1 aromatic carbocycles. The average Bonchev–Trinajstić information content (AvgIpc) is 2.58. The van der Waals surface area contributed by atoms with Crippen molar-refractivity contribution in [2.45, 2.75) is 47.5 Å². The van der Waals surface area contributed by atoms with Gasteiger partial charge in [-0.2, -0.15) is 5.26 Å². The first-order valence-corrected chi connectivity index (χ1v) is 7.96. The van der Waals surface area contributed by atoms with Gasteiger partial charge in [0.25, 0.3) is 5.91 Å². The van der Waals surface area contributed by atoms with E-state index in [2.05, 4.69) is 6.07 Å². The van der Waals surface area contributed by atoms with E-state index in [9.17, 15) is 4.79 Å². The first-order valence-electron chi connectivity index (χ1n) is 7.96. The third-order valence-electron chi connectivity index (χ3n) is 3.26. The van der Waals surface area contributed by atoms with Crippen LogP contribution in [0.15, 0.2) is 24.3 Å². The Balaban J connectivity index is 0.000000921. The fourth-order valence-electron chi connectivity index (χ4n) is 2.09. The molecule has 1 aliphatic rings. The first kappa shape index (κ1) is 19.2. The van der Waals surface area contributed by atoms with Crippen LogP contribution >= 0.6 is 0 Å². The highest BCUT2D eigenvalue weighted by Gasteiger charge is 2.23. The Kier molecular flexibility index (Phi) is 9.96. The van der Waals surface area contributed by atoms with E-state index in [1.165, 1.54) is 0 Å². The predicted octanol–water partition coefficient (Wildman–Crippen LogP) is 4.42. The van der Waals surface area contributed by atoms with Gasteiger partial charge >= 0.3 is 0 Å². The summed E-state index contributed by atoms with van der Waals surface area (Å²) in [6.45, 7) is 11.4. The molecule has 1 fully saturated rings. The summed E-state index contributed by atoms with van der Waals surface area (Å²) in [5.41, 5.74) is 1.90. The number of hydrogen-bond acceptors (Lipinski definition) is 2. The molecule has 1 aliphatic heterocycles. The molecule has 1 heterocycles. The van der Waals surface area contributed by atoms with Gasteiger partial charge in [-0.05, 0) is 31.9 Å². The van der Waals surface area contributed by atoms with Crippen molar-refractivity contribution < 1.29 is 4.79 Å². The molecule has 0 atom stereocenters. The van der Waals surface area contributed by atoms with Crippen LogP contribution in [0.4, 0.5) is 0 Å². The van der Waals surface area contributed by atoms with Crippen LogP contribution in [0.2, 0.25) is 0 Å². The molecule has 0 aromatic heterocycles. The number of nitrogens with zero attached hydrogens (tertiary/aromatic N) is 2. The first-order chi connectivity index (χ1) is 10.2. The number of carbonyl (C=O) groups excluding carboxylic acids is 1. The van der Waals surface area contributed by atoms with Crippen LogP contribution in [0.5, 0.6) is 0 Å². The number of aryl methyl sites for hydroxylation is 1. The number of hydrogen-bond donors (Lipinski definition) is 0. The van der Waals surface area contributed by atoms with E-state index in [4.69, 9.17) is 5.26 Å². The number of rotatable bonds is 1. The highest BCUT2D eigenvalue weighted by molar-refractivity contribution is 5.94. The SMILES string of the molecule is CC.CC.Cc1ccc(C(=O)N2CCC(C#N)CC2)cc1. The molecule has 1 aromatic rings. The van der Waals surface area contributed by atoms with Crippen molar-refractivity contribution in [3.8, 4) is 6.07 Å². The topological polar surface area (TPSA) is 44.1 Å². The van der Waals surface area contributed by atoms with Crippen LogP contribution in [0.1, 0.15) is 56.5 Å². The molecule has 2 rings (SSSR count). The minimum atomic E-state index is 0.0846. The van der Waals surface area contributed by atoms with Gasteiger partial charge < -0.3 is 4.90 Å². The quantitative estimate of drug-likeness (QED) is 0.767. The summed E-state index contributed by atoms with van der Waals surface area (Å²) in [5.74, 6) is 0.207. The van der Waals surface area contributed by atoms with Crippen molar-refractivity contribution in [1.82, 2.24) is 4.90 Å². The van der Waals surface area contributed by atoms with Crippen LogP contribution in [0.3, 0.4) is 0 Å². The molecule has 1 saturated heterocycles. The van der Waals surface area contributed by atoms with Gasteiger partial charge in [-0.25, -0.2) is 0 Å². The number of amides is 1. The minimum absolute atomic E-state index is 0.0846. The van der Waals surface area contributed by atoms with E-state index in [0.717, 1.165) is 24.0 Å². The summed E-state index contributed by atoms with van der Waals surface area (Å²) in [4.78, 5) is 14.0. The van der Waals surface area contributed by atoms with Gasteiger partial charge in [0.05, 0.1) is 6.07 Å². The number of carbonyl (C=O) groups is 1. The van der Waals surface area contributed by atoms with Crippen molar-refractivity contribution in [2.75, 3.05) is 13.1 Å². The molecule has 116 valence electrons. The van der Waals surface area contributed by atoms with E-state index < -0.39 is 0 Å². The Bertz CT molecular complexity index is 437. The zero-order valence-corrected chi connectivity index (χ0v) is 14.0. The second kappa shape index (κ2) is 10.9. The minimum Gasteiger partial charge on any atom is -0.339 e. The molecule has 21 heavy (non-hydrogen) atoms. The Labute approximate surface area is 129 Å². The molecular formula is C18H28N2O. The Hall–Kier alpha value is -1.82. The molecule has 0 aliphatic carbocycles. The van der Waals surface area contributed by atoms with E-state index in [-0.39, 0.29) is 11.8 Å². The van der Waals surface area contributed by atoms with Gasteiger partial charge in [0.1, 0.15) is 0 Å². The van der Waals surface area contributed by atoms with Crippen molar-refractivity contribution >= 4 is 5.91 Å². The van der Waals surface area contributed by atoms with Gasteiger partial charge in [0.2, 0.25) is 0 Å². The third kappa shape index (κ3) is 5.99. The lowest BCUT2D eigenvalue weighted by molar-refractivity contribution is 0.0707. The lowest BCUT2D eigenvalue weighted by Crippen LogP contribution is -2.38. The molecular weight excluding hydrogens is 260 g/mol. The average molecular weight is 288 g/mol. The Morgan fingerprint density at radius 1 is 1.10 bits per heavy atom. The molecule has 3 heteroatoms. The molecule has 0 saturated carbocycles. The molecule has 0 unspecified atom stereocenters. The highest BCUT2D eigenvalue weighted by Crippen LogP contribution is 2.18. The summed E-state index contributed by atoms with van der Waals surface area (Å²) in [5, 5.41) is 8.81. The predicted molar refractivity (Wildman–Crippen MR) is 88.1 cm³/mol. The van der Waals surface area contributed by atoms with Crippen LogP contribution in [-0.2, 0) is 0 Å². The van der Waals surface area contributed by atoms with Gasteiger partial charge in [0.15, 0.2) is 0 Å². The lowest BCUT2D eigenvalue weighted by Gasteiger charge is -2.29. The standard InChI is InChI=1S/C14H16N2O.2C2H6/c1-11-2-4-13(5-3-11)14(17)16-8-6-12(10-15)7-9-16;2*1-2/h2-5,12H,6-9H2,1H3;2*1-2H3. The number of benzene rings is 1. The van der Waals surface area contributed by atoms with E-state index in [0.29, 0.717) is 13.1 Å². The molecule has 0 bridgehead atoms. The fourth-order valence-corrected chi connectivity index (χ4v) is 2.09. The molecule has 3 nitrogen and oxygen atoms in total. The van der Waals surface area contributed by atoms with E-state index in [1.807, 2.05) is 63.8 Å². The monoisotopic (exact) mass is 288 g/mol. The molecule has 0 radical (unpaired) electrons. The zero-order chi connectivity index (χ0) is 16.3. The van der Waals surface area contributed by atoms with Crippen LogP contribution in [-0.4, -0.2) is 23.9 Å². The van der Waals surface area contributed by atoms with Crippen molar-refractivity contribution in [3.63, 3.8) is 0 Å². The normalized spacial score (nSPS) is 14.0. The Morgan fingerprint density at radius 3 is 2.00 bits per heavy atom. The maximum Gasteiger partial charge on any atom is 0.253 e. The highest BCUT2D eigenvalue weighted by atomic mass is 16.2. The van der Waals surface area contributed by atoms with Gasteiger partial charge in [-0.15, -0.1) is 0 Å². The third-order valence-corrected chi connectivity index (χ3v) is 3.26. The van der Waals surface area contributed by atoms with Crippen LogP contribution < -0.4 is 0 Å². The van der Waals surface area contributed by atoms with Crippen molar-refractivity contribution in [1.29, 1.82) is 5.26 Å². The number of nitriles is 1. The second-order valence-corrected chi connectivity index (χ2v) is 4.56. The van der Waals surface area contributed by atoms with Gasteiger partial charge in [0, 0.05) is 24.6 Å². The van der Waals surface area contributed by atoms with Crippen LogP contribution in [0, 0.1) is 24.2 Å². The number of likely N-dealkylation sites (tertiary alicyclic amines) is 1. The molecule has 0 N–H and O–H groups in total. The smallest absolute Gasteiger partial charge is 0.253 e. The molecule has 1 amide bonds. The second-order valence-electron chi connectivity index (χ2n) is 4.56. The van der Waals surface area contributed by atoms with Gasteiger partial charge in [-0.3, -0.25) is 4.79 Å². The van der Waals surface area contributed by atoms with Gasteiger partial charge in [-0.1, -0.05) is 45.4 Å². The summed E-state index contributed by atoms with van der Waals surface area (Å²) in [7, 11) is 0.